The number of carbonyl (C=O) groups is 1. The highest BCUT2D eigenvalue weighted by molar-refractivity contribution is 9.10. The zero-order valence-electron chi connectivity index (χ0n) is 15.8. The Bertz CT molecular complexity index is 941. The van der Waals surface area contributed by atoms with Crippen LogP contribution in [0.1, 0.15) is 12.5 Å². The number of carbonyl (C=O) groups excluding carboxylic acids is 1. The lowest BCUT2D eigenvalue weighted by atomic mass is 10.1. The summed E-state index contributed by atoms with van der Waals surface area (Å²) in [5, 5.41) is 2.80. The van der Waals surface area contributed by atoms with E-state index in [2.05, 4.69) is 33.1 Å². The largest absolute Gasteiger partial charge is 0.326 e. The number of piperazine rings is 1. The number of sulfonamides is 1. The third-order valence-corrected chi connectivity index (χ3v) is 7.18. The van der Waals surface area contributed by atoms with E-state index in [0.717, 1.165) is 29.7 Å². The van der Waals surface area contributed by atoms with Crippen LogP contribution < -0.4 is 5.32 Å². The minimum Gasteiger partial charge on any atom is -0.326 e. The topological polar surface area (TPSA) is 69.7 Å². The molecule has 1 fully saturated rings. The second kappa shape index (κ2) is 9.17. The first-order valence-corrected chi connectivity index (χ1v) is 11.5. The van der Waals surface area contributed by atoms with Gasteiger partial charge in [0.15, 0.2) is 0 Å². The van der Waals surface area contributed by atoms with Crippen molar-refractivity contribution in [3.8, 4) is 0 Å². The van der Waals surface area contributed by atoms with E-state index in [1.54, 1.807) is 18.2 Å². The van der Waals surface area contributed by atoms with E-state index in [0.29, 0.717) is 18.8 Å². The maximum absolute atomic E-state index is 12.9. The number of nitrogens with zero attached hydrogens (tertiary/aromatic N) is 2. The highest BCUT2D eigenvalue weighted by Crippen LogP contribution is 2.21. The molecule has 150 valence electrons. The quantitative estimate of drug-likeness (QED) is 0.711. The Morgan fingerprint density at radius 1 is 1.07 bits per heavy atom. The normalized spacial score (nSPS) is 16.1. The Hall–Kier alpha value is -1.74. The van der Waals surface area contributed by atoms with Gasteiger partial charge < -0.3 is 10.2 Å². The zero-order chi connectivity index (χ0) is 20.1. The van der Waals surface area contributed by atoms with E-state index >= 15 is 0 Å². The summed E-state index contributed by atoms with van der Waals surface area (Å²) >= 11 is 3.39. The number of nitrogens with one attached hydrogen (secondary N) is 1. The summed E-state index contributed by atoms with van der Waals surface area (Å²) in [4.78, 5) is 14.8. The summed E-state index contributed by atoms with van der Waals surface area (Å²) in [6.07, 6.45) is 0.218. The van der Waals surface area contributed by atoms with Crippen LogP contribution in [-0.2, 0) is 21.2 Å². The predicted molar refractivity (Wildman–Crippen MR) is 114 cm³/mol. The first-order chi connectivity index (χ1) is 13.4. The zero-order valence-corrected chi connectivity index (χ0v) is 18.2. The smallest absolute Gasteiger partial charge is 0.243 e. The highest BCUT2D eigenvalue weighted by Gasteiger charge is 2.28. The molecule has 1 heterocycles. The molecule has 1 saturated heterocycles. The molecule has 1 N–H and O–H groups in total. The number of benzene rings is 2. The number of anilines is 1. The number of halogens is 1. The molecule has 3 rings (SSSR count). The average molecular weight is 466 g/mol. The Balaban J connectivity index is 1.68. The first kappa shape index (κ1) is 21.0. The molecule has 28 heavy (non-hydrogen) atoms. The number of hydrogen-bond acceptors (Lipinski definition) is 4. The Morgan fingerprint density at radius 2 is 1.79 bits per heavy atom. The second-order valence-corrected chi connectivity index (χ2v) is 9.57. The summed E-state index contributed by atoms with van der Waals surface area (Å²) in [5.41, 5.74) is 1.36. The molecular formula is C20H24BrN3O3S. The van der Waals surface area contributed by atoms with Crippen molar-refractivity contribution >= 4 is 37.5 Å². The van der Waals surface area contributed by atoms with Crippen LogP contribution in [0.15, 0.2) is 57.9 Å². The lowest BCUT2D eigenvalue weighted by Gasteiger charge is -2.33. The van der Waals surface area contributed by atoms with Crippen LogP contribution in [0, 0.1) is 0 Å². The van der Waals surface area contributed by atoms with Crippen LogP contribution in [0.2, 0.25) is 0 Å². The Labute approximate surface area is 174 Å². The summed E-state index contributed by atoms with van der Waals surface area (Å²) in [6, 6.07) is 14.0. The van der Waals surface area contributed by atoms with Crippen molar-refractivity contribution < 1.29 is 13.2 Å². The van der Waals surface area contributed by atoms with Gasteiger partial charge in [-0.1, -0.05) is 41.1 Å². The minimum absolute atomic E-state index is 0.191. The fourth-order valence-electron chi connectivity index (χ4n) is 3.21. The van der Waals surface area contributed by atoms with Gasteiger partial charge in [0.05, 0.1) is 11.3 Å². The summed E-state index contributed by atoms with van der Waals surface area (Å²) in [7, 11) is -3.57. The van der Waals surface area contributed by atoms with Gasteiger partial charge in [0.25, 0.3) is 0 Å². The average Bonchev–Trinajstić information content (AvgIpc) is 2.68. The maximum atomic E-state index is 12.9. The maximum Gasteiger partial charge on any atom is 0.243 e. The molecule has 0 spiro atoms. The van der Waals surface area contributed by atoms with Gasteiger partial charge in [0, 0.05) is 36.3 Å². The van der Waals surface area contributed by atoms with Crippen LogP contribution in [0.5, 0.6) is 0 Å². The molecule has 8 heteroatoms. The van der Waals surface area contributed by atoms with Gasteiger partial charge in [-0.05, 0) is 42.4 Å². The third kappa shape index (κ3) is 5.20. The van der Waals surface area contributed by atoms with Crippen molar-refractivity contribution in [1.29, 1.82) is 0 Å². The van der Waals surface area contributed by atoms with Crippen molar-refractivity contribution in [3.05, 3.63) is 58.6 Å². The van der Waals surface area contributed by atoms with Gasteiger partial charge in [-0.2, -0.15) is 4.31 Å². The Morgan fingerprint density at radius 3 is 2.46 bits per heavy atom. The number of likely N-dealkylation sites (N-methyl/N-ethyl adjacent to an activating group) is 1. The minimum atomic E-state index is -3.57. The third-order valence-electron chi connectivity index (χ3n) is 4.79. The summed E-state index contributed by atoms with van der Waals surface area (Å²) in [6.45, 7) is 5.43. The van der Waals surface area contributed by atoms with Crippen molar-refractivity contribution in [2.24, 2.45) is 0 Å². The lowest BCUT2D eigenvalue weighted by Crippen LogP contribution is -2.48. The van der Waals surface area contributed by atoms with Crippen LogP contribution in [-0.4, -0.2) is 56.3 Å². The summed E-state index contributed by atoms with van der Waals surface area (Å²) in [5.74, 6) is -0.191. The van der Waals surface area contributed by atoms with Crippen molar-refractivity contribution in [2.45, 2.75) is 18.2 Å². The highest BCUT2D eigenvalue weighted by atomic mass is 79.9. The molecule has 2 aromatic carbocycles. The van der Waals surface area contributed by atoms with Gasteiger partial charge in [0.2, 0.25) is 15.9 Å². The molecular weight excluding hydrogens is 442 g/mol. The standard InChI is InChI=1S/C20H24BrN3O3S/c1-2-23-9-11-24(12-10-23)28(26,27)19-8-4-7-18(15-19)22-20(25)14-16-5-3-6-17(21)13-16/h3-8,13,15H,2,9-12,14H2,1H3,(H,22,25). The van der Waals surface area contributed by atoms with Gasteiger partial charge in [0.1, 0.15) is 0 Å². The molecule has 0 saturated carbocycles. The van der Waals surface area contributed by atoms with Crippen LogP contribution in [0.3, 0.4) is 0 Å². The van der Waals surface area contributed by atoms with Gasteiger partial charge in [-0.15, -0.1) is 0 Å². The fourth-order valence-corrected chi connectivity index (χ4v) is 5.12. The molecule has 1 amide bonds. The van der Waals surface area contributed by atoms with E-state index < -0.39 is 10.0 Å². The number of amides is 1. The molecule has 2 aromatic rings. The van der Waals surface area contributed by atoms with Crippen molar-refractivity contribution in [2.75, 3.05) is 38.0 Å². The van der Waals surface area contributed by atoms with Crippen LogP contribution in [0.25, 0.3) is 0 Å². The lowest BCUT2D eigenvalue weighted by molar-refractivity contribution is -0.115. The number of rotatable bonds is 6. The van der Waals surface area contributed by atoms with Crippen molar-refractivity contribution in [1.82, 2.24) is 9.21 Å². The van der Waals surface area contributed by atoms with Crippen LogP contribution >= 0.6 is 15.9 Å². The molecule has 0 aliphatic carbocycles. The van der Waals surface area contributed by atoms with Gasteiger partial charge in [-0.25, -0.2) is 8.42 Å². The first-order valence-electron chi connectivity index (χ1n) is 9.25. The monoisotopic (exact) mass is 465 g/mol. The van der Waals surface area contributed by atoms with Crippen LogP contribution in [0.4, 0.5) is 5.69 Å². The van der Waals surface area contributed by atoms with E-state index in [-0.39, 0.29) is 17.2 Å². The molecule has 0 atom stereocenters. The van der Waals surface area contributed by atoms with Crippen molar-refractivity contribution in [3.63, 3.8) is 0 Å². The van der Waals surface area contributed by atoms with E-state index in [4.69, 9.17) is 0 Å². The van der Waals surface area contributed by atoms with E-state index in [9.17, 15) is 13.2 Å². The molecule has 1 aliphatic rings. The number of hydrogen-bond donors (Lipinski definition) is 1. The predicted octanol–water partition coefficient (Wildman–Crippen LogP) is 2.96. The Kier molecular flexibility index (Phi) is 6.87. The molecule has 0 bridgehead atoms. The SMILES string of the molecule is CCN1CCN(S(=O)(=O)c2cccc(NC(=O)Cc3cccc(Br)c3)c2)CC1. The molecule has 0 aromatic heterocycles. The molecule has 0 radical (unpaired) electrons. The second-order valence-electron chi connectivity index (χ2n) is 6.72. The van der Waals surface area contributed by atoms with Gasteiger partial charge in [-0.3, -0.25) is 4.79 Å². The molecule has 0 unspecified atom stereocenters. The van der Waals surface area contributed by atoms with E-state index in [1.165, 1.54) is 10.4 Å². The summed E-state index contributed by atoms with van der Waals surface area (Å²) < 4.78 is 28.3. The van der Waals surface area contributed by atoms with E-state index in [1.807, 2.05) is 24.3 Å². The molecule has 1 aliphatic heterocycles. The molecule has 6 nitrogen and oxygen atoms in total. The van der Waals surface area contributed by atoms with Gasteiger partial charge >= 0.3 is 0 Å². The fraction of sp³-hybridized carbons (Fsp3) is 0.350.